The fraction of sp³-hybridized carbons (Fsp3) is 1.00. The standard InChI is InChI=1S/C15H33N3O2S/c1-14(2)16-12-9-13-18(3)21(19,20)17-15-10-7-5-4-6-8-11-15/h14-17H,4-13H2,1-3H3. The molecule has 1 fully saturated rings. The minimum atomic E-state index is -3.33. The van der Waals surface area contributed by atoms with Crippen LogP contribution in [0.2, 0.25) is 0 Å². The molecule has 0 aromatic carbocycles. The Bertz CT molecular complexity index is 363. The number of hydrogen-bond acceptors (Lipinski definition) is 3. The van der Waals surface area contributed by atoms with Crippen LogP contribution in [0.4, 0.5) is 0 Å². The van der Waals surface area contributed by atoms with Crippen molar-refractivity contribution in [3.8, 4) is 0 Å². The molecule has 1 aliphatic rings. The highest BCUT2D eigenvalue weighted by Gasteiger charge is 2.22. The van der Waals surface area contributed by atoms with E-state index in [1.165, 1.54) is 23.6 Å². The fourth-order valence-corrected chi connectivity index (χ4v) is 3.89. The minimum absolute atomic E-state index is 0.117. The fourth-order valence-electron chi connectivity index (χ4n) is 2.69. The van der Waals surface area contributed by atoms with Gasteiger partial charge in [-0.1, -0.05) is 46.0 Å². The van der Waals surface area contributed by atoms with Gasteiger partial charge in [-0.05, 0) is 25.8 Å². The summed E-state index contributed by atoms with van der Waals surface area (Å²) in [6, 6.07) is 0.562. The molecule has 0 heterocycles. The second-order valence-electron chi connectivity index (χ2n) is 6.45. The third-order valence-corrected chi connectivity index (χ3v) is 5.67. The zero-order valence-corrected chi connectivity index (χ0v) is 14.7. The van der Waals surface area contributed by atoms with Crippen molar-refractivity contribution in [3.63, 3.8) is 0 Å². The van der Waals surface area contributed by atoms with E-state index in [-0.39, 0.29) is 6.04 Å². The van der Waals surface area contributed by atoms with Crippen LogP contribution in [0.15, 0.2) is 0 Å². The van der Waals surface area contributed by atoms with Crippen molar-refractivity contribution in [1.29, 1.82) is 0 Å². The van der Waals surface area contributed by atoms with Crippen molar-refractivity contribution in [2.45, 2.75) is 77.3 Å². The summed E-state index contributed by atoms with van der Waals surface area (Å²) in [6.07, 6.45) is 8.81. The normalized spacial score (nSPS) is 18.9. The molecule has 0 unspecified atom stereocenters. The maximum absolute atomic E-state index is 12.3. The summed E-state index contributed by atoms with van der Waals surface area (Å²) in [6.45, 7) is 5.59. The van der Waals surface area contributed by atoms with Gasteiger partial charge in [0.1, 0.15) is 0 Å². The van der Waals surface area contributed by atoms with Crippen molar-refractivity contribution in [2.24, 2.45) is 0 Å². The first-order valence-electron chi connectivity index (χ1n) is 8.39. The molecule has 5 nitrogen and oxygen atoms in total. The van der Waals surface area contributed by atoms with E-state index in [0.29, 0.717) is 12.6 Å². The van der Waals surface area contributed by atoms with Gasteiger partial charge in [-0.2, -0.15) is 17.4 Å². The van der Waals surface area contributed by atoms with E-state index < -0.39 is 10.2 Å². The zero-order valence-electron chi connectivity index (χ0n) is 13.9. The Balaban J connectivity index is 2.35. The minimum Gasteiger partial charge on any atom is -0.314 e. The Kier molecular flexibility index (Phi) is 8.78. The van der Waals surface area contributed by atoms with Crippen LogP contribution in [-0.2, 0) is 10.2 Å². The van der Waals surface area contributed by atoms with Gasteiger partial charge in [-0.25, -0.2) is 0 Å². The van der Waals surface area contributed by atoms with Crippen molar-refractivity contribution in [3.05, 3.63) is 0 Å². The molecule has 126 valence electrons. The van der Waals surface area contributed by atoms with Crippen LogP contribution < -0.4 is 10.0 Å². The van der Waals surface area contributed by atoms with Gasteiger partial charge >= 0.3 is 0 Å². The molecule has 0 atom stereocenters. The second-order valence-corrected chi connectivity index (χ2v) is 8.26. The molecule has 1 rings (SSSR count). The topological polar surface area (TPSA) is 61.4 Å². The van der Waals surface area contributed by atoms with Gasteiger partial charge in [0, 0.05) is 25.7 Å². The maximum atomic E-state index is 12.3. The monoisotopic (exact) mass is 319 g/mol. The number of nitrogens with one attached hydrogen (secondary N) is 2. The van der Waals surface area contributed by atoms with Crippen LogP contribution >= 0.6 is 0 Å². The number of rotatable bonds is 8. The molecule has 0 saturated heterocycles. The van der Waals surface area contributed by atoms with E-state index >= 15 is 0 Å². The average Bonchev–Trinajstić information content (AvgIpc) is 2.37. The van der Waals surface area contributed by atoms with E-state index in [1.807, 2.05) is 0 Å². The third-order valence-electron chi connectivity index (χ3n) is 4.03. The molecule has 0 amide bonds. The SMILES string of the molecule is CC(C)NCCCN(C)S(=O)(=O)NC1CCCCCCC1. The average molecular weight is 320 g/mol. The van der Waals surface area contributed by atoms with Gasteiger partial charge in [0.25, 0.3) is 10.2 Å². The molecule has 1 saturated carbocycles. The Morgan fingerprint density at radius 2 is 1.67 bits per heavy atom. The largest absolute Gasteiger partial charge is 0.314 e. The Morgan fingerprint density at radius 3 is 2.24 bits per heavy atom. The lowest BCUT2D eigenvalue weighted by molar-refractivity contribution is 0.398. The van der Waals surface area contributed by atoms with Crippen LogP contribution in [-0.4, -0.2) is 44.9 Å². The Labute approximate surface area is 131 Å². The first-order chi connectivity index (χ1) is 9.92. The van der Waals surface area contributed by atoms with Gasteiger partial charge in [-0.15, -0.1) is 0 Å². The second kappa shape index (κ2) is 9.77. The molecule has 0 aromatic heterocycles. The van der Waals surface area contributed by atoms with E-state index in [4.69, 9.17) is 0 Å². The van der Waals surface area contributed by atoms with Gasteiger partial charge in [0.15, 0.2) is 0 Å². The third kappa shape index (κ3) is 8.14. The van der Waals surface area contributed by atoms with Crippen LogP contribution in [0.25, 0.3) is 0 Å². The van der Waals surface area contributed by atoms with Gasteiger partial charge < -0.3 is 5.32 Å². The van der Waals surface area contributed by atoms with Crippen LogP contribution in [0.5, 0.6) is 0 Å². The van der Waals surface area contributed by atoms with Gasteiger partial charge in [0.05, 0.1) is 0 Å². The van der Waals surface area contributed by atoms with Crippen molar-refractivity contribution >= 4 is 10.2 Å². The maximum Gasteiger partial charge on any atom is 0.279 e. The highest BCUT2D eigenvalue weighted by molar-refractivity contribution is 7.87. The summed E-state index contributed by atoms with van der Waals surface area (Å²) >= 11 is 0. The van der Waals surface area contributed by atoms with E-state index in [2.05, 4.69) is 23.9 Å². The highest BCUT2D eigenvalue weighted by atomic mass is 32.2. The summed E-state index contributed by atoms with van der Waals surface area (Å²) in [5, 5.41) is 3.31. The summed E-state index contributed by atoms with van der Waals surface area (Å²) in [5.41, 5.74) is 0. The molecular weight excluding hydrogens is 286 g/mol. The first-order valence-corrected chi connectivity index (χ1v) is 9.83. The zero-order chi connectivity index (χ0) is 15.7. The molecule has 0 radical (unpaired) electrons. The quantitative estimate of drug-likeness (QED) is 0.675. The summed E-state index contributed by atoms with van der Waals surface area (Å²) in [4.78, 5) is 0. The van der Waals surface area contributed by atoms with Crippen LogP contribution in [0, 0.1) is 0 Å². The molecular formula is C15H33N3O2S. The molecule has 0 bridgehead atoms. The molecule has 21 heavy (non-hydrogen) atoms. The van der Waals surface area contributed by atoms with Crippen molar-refractivity contribution < 1.29 is 8.42 Å². The van der Waals surface area contributed by atoms with Gasteiger partial charge in [0.2, 0.25) is 0 Å². The predicted octanol–water partition coefficient (Wildman–Crippen LogP) is 2.25. The van der Waals surface area contributed by atoms with Crippen LogP contribution in [0.1, 0.15) is 65.2 Å². The smallest absolute Gasteiger partial charge is 0.279 e. The predicted molar refractivity (Wildman–Crippen MR) is 88.5 cm³/mol. The van der Waals surface area contributed by atoms with E-state index in [0.717, 1.165) is 38.6 Å². The van der Waals surface area contributed by atoms with Gasteiger partial charge in [-0.3, -0.25) is 0 Å². The van der Waals surface area contributed by atoms with Crippen LogP contribution in [0.3, 0.4) is 0 Å². The van der Waals surface area contributed by atoms with Crippen molar-refractivity contribution in [2.75, 3.05) is 20.1 Å². The van der Waals surface area contributed by atoms with E-state index in [1.54, 1.807) is 7.05 Å². The highest BCUT2D eigenvalue weighted by Crippen LogP contribution is 2.18. The summed E-state index contributed by atoms with van der Waals surface area (Å²) in [7, 11) is -1.67. The Morgan fingerprint density at radius 1 is 1.10 bits per heavy atom. The van der Waals surface area contributed by atoms with Crippen molar-refractivity contribution in [1.82, 2.24) is 14.3 Å². The molecule has 0 aliphatic heterocycles. The molecule has 1 aliphatic carbocycles. The lowest BCUT2D eigenvalue weighted by atomic mass is 9.97. The molecule has 2 N–H and O–H groups in total. The summed E-state index contributed by atoms with van der Waals surface area (Å²) < 4.78 is 29.0. The first kappa shape index (κ1) is 18.9. The Hall–Kier alpha value is -0.170. The molecule has 6 heteroatoms. The number of nitrogens with zero attached hydrogens (tertiary/aromatic N) is 1. The summed E-state index contributed by atoms with van der Waals surface area (Å²) in [5.74, 6) is 0. The lowest BCUT2D eigenvalue weighted by Crippen LogP contribution is -2.44. The molecule has 0 aromatic rings. The van der Waals surface area contributed by atoms with E-state index in [9.17, 15) is 8.42 Å². The molecule has 0 spiro atoms. The number of hydrogen-bond donors (Lipinski definition) is 2. The lowest BCUT2D eigenvalue weighted by Gasteiger charge is -2.24.